The molecule has 0 unspecified atom stereocenters. The summed E-state index contributed by atoms with van der Waals surface area (Å²) in [6.07, 6.45) is 0.213. The third-order valence-corrected chi connectivity index (χ3v) is 2.26. The monoisotopic (exact) mass is 229 g/mol. The summed E-state index contributed by atoms with van der Waals surface area (Å²) in [6.45, 7) is 0.510. The van der Waals surface area contributed by atoms with Crippen molar-refractivity contribution in [1.29, 1.82) is 0 Å². The second-order valence-electron chi connectivity index (χ2n) is 3.31. The molecule has 0 fully saturated rings. The molecule has 0 saturated heterocycles. The lowest BCUT2D eigenvalue weighted by Crippen LogP contribution is -2.29. The van der Waals surface area contributed by atoms with Gasteiger partial charge in [0, 0.05) is 19.5 Å². The van der Waals surface area contributed by atoms with Crippen molar-refractivity contribution < 1.29 is 9.18 Å². The number of likely N-dealkylation sites (N-methyl/N-ethyl adjacent to an activating group) is 1. The van der Waals surface area contributed by atoms with E-state index in [-0.39, 0.29) is 18.1 Å². The number of carbonyl (C=O) groups is 1. The van der Waals surface area contributed by atoms with Crippen LogP contribution in [0.3, 0.4) is 0 Å². The summed E-state index contributed by atoms with van der Waals surface area (Å²) in [5, 5.41) is 0. The van der Waals surface area contributed by atoms with Crippen LogP contribution >= 0.6 is 11.6 Å². The molecular formula is C11H13ClFNO. The Hall–Kier alpha value is -1.09. The maximum atomic E-state index is 12.8. The number of benzene rings is 1. The summed E-state index contributed by atoms with van der Waals surface area (Å²) in [4.78, 5) is 13.1. The Bertz CT molecular complexity index is 343. The average Bonchev–Trinajstić information content (AvgIpc) is 2.18. The Morgan fingerprint density at radius 3 is 2.87 bits per heavy atom. The van der Waals surface area contributed by atoms with E-state index in [1.807, 2.05) is 0 Å². The van der Waals surface area contributed by atoms with Gasteiger partial charge in [-0.25, -0.2) is 4.39 Å². The summed E-state index contributed by atoms with van der Waals surface area (Å²) >= 11 is 5.51. The Morgan fingerprint density at radius 2 is 2.27 bits per heavy atom. The highest BCUT2D eigenvalue weighted by Gasteiger charge is 2.08. The molecule has 15 heavy (non-hydrogen) atoms. The zero-order valence-corrected chi connectivity index (χ0v) is 9.30. The molecule has 0 bridgehead atoms. The van der Waals surface area contributed by atoms with Gasteiger partial charge in [0.2, 0.25) is 5.91 Å². The normalized spacial score (nSPS) is 10.1. The van der Waals surface area contributed by atoms with E-state index in [0.29, 0.717) is 18.0 Å². The lowest BCUT2D eigenvalue weighted by atomic mass is 10.1. The molecular weight excluding hydrogens is 217 g/mol. The summed E-state index contributed by atoms with van der Waals surface area (Å²) < 4.78 is 12.8. The molecule has 0 saturated carbocycles. The molecule has 0 radical (unpaired) electrons. The molecule has 0 aliphatic heterocycles. The van der Waals surface area contributed by atoms with Gasteiger partial charge >= 0.3 is 0 Å². The second-order valence-corrected chi connectivity index (χ2v) is 3.69. The highest BCUT2D eigenvalue weighted by Crippen LogP contribution is 2.05. The van der Waals surface area contributed by atoms with E-state index in [0.717, 1.165) is 0 Å². The number of rotatable bonds is 4. The zero-order valence-electron chi connectivity index (χ0n) is 8.54. The van der Waals surface area contributed by atoms with Crippen molar-refractivity contribution >= 4 is 17.5 Å². The van der Waals surface area contributed by atoms with E-state index in [2.05, 4.69) is 0 Å². The molecule has 0 aliphatic rings. The quantitative estimate of drug-likeness (QED) is 0.724. The predicted molar refractivity (Wildman–Crippen MR) is 58.5 cm³/mol. The van der Waals surface area contributed by atoms with Crippen molar-refractivity contribution in [2.24, 2.45) is 0 Å². The topological polar surface area (TPSA) is 20.3 Å². The Labute approximate surface area is 93.6 Å². The van der Waals surface area contributed by atoms with Crippen LogP contribution in [0, 0.1) is 5.82 Å². The van der Waals surface area contributed by atoms with Gasteiger partial charge < -0.3 is 4.90 Å². The molecule has 0 N–H and O–H groups in total. The molecule has 0 aliphatic carbocycles. The molecule has 1 amide bonds. The van der Waals surface area contributed by atoms with Crippen LogP contribution in [0.15, 0.2) is 24.3 Å². The third kappa shape index (κ3) is 3.88. The van der Waals surface area contributed by atoms with Gasteiger partial charge in [0.1, 0.15) is 5.82 Å². The van der Waals surface area contributed by atoms with Gasteiger partial charge in [-0.2, -0.15) is 0 Å². The fourth-order valence-corrected chi connectivity index (χ4v) is 1.46. The first kappa shape index (κ1) is 12.0. The van der Waals surface area contributed by atoms with Gasteiger partial charge in [-0.3, -0.25) is 4.79 Å². The number of carbonyl (C=O) groups excluding carboxylic acids is 1. The molecule has 4 heteroatoms. The van der Waals surface area contributed by atoms with E-state index in [1.165, 1.54) is 17.0 Å². The summed E-state index contributed by atoms with van der Waals surface area (Å²) in [7, 11) is 1.68. The van der Waals surface area contributed by atoms with E-state index >= 15 is 0 Å². The van der Waals surface area contributed by atoms with Gasteiger partial charge in [-0.05, 0) is 17.7 Å². The van der Waals surface area contributed by atoms with Crippen LogP contribution in [0.1, 0.15) is 5.56 Å². The molecule has 2 nitrogen and oxygen atoms in total. The first-order valence-corrected chi connectivity index (χ1v) is 5.21. The number of alkyl halides is 1. The third-order valence-electron chi connectivity index (χ3n) is 2.09. The van der Waals surface area contributed by atoms with Crippen LogP contribution in [-0.2, 0) is 11.2 Å². The smallest absolute Gasteiger partial charge is 0.226 e. The summed E-state index contributed by atoms with van der Waals surface area (Å²) in [6, 6.07) is 6.05. The maximum absolute atomic E-state index is 12.8. The second kappa shape index (κ2) is 5.71. The molecule has 1 rings (SSSR count). The van der Waals surface area contributed by atoms with E-state index in [4.69, 9.17) is 11.6 Å². The fraction of sp³-hybridized carbons (Fsp3) is 0.364. The average molecular weight is 230 g/mol. The van der Waals surface area contributed by atoms with E-state index in [1.54, 1.807) is 19.2 Å². The van der Waals surface area contributed by atoms with Crippen LogP contribution in [-0.4, -0.2) is 30.3 Å². The van der Waals surface area contributed by atoms with Gasteiger partial charge in [0.05, 0.1) is 6.42 Å². The van der Waals surface area contributed by atoms with Crippen LogP contribution in [0.2, 0.25) is 0 Å². The van der Waals surface area contributed by atoms with Crippen molar-refractivity contribution in [3.05, 3.63) is 35.6 Å². The summed E-state index contributed by atoms with van der Waals surface area (Å²) in [5.41, 5.74) is 0.682. The molecule has 82 valence electrons. The van der Waals surface area contributed by atoms with Gasteiger partial charge in [0.25, 0.3) is 0 Å². The van der Waals surface area contributed by atoms with Crippen molar-refractivity contribution in [1.82, 2.24) is 4.90 Å². The van der Waals surface area contributed by atoms with Crippen molar-refractivity contribution in [2.75, 3.05) is 19.5 Å². The van der Waals surface area contributed by atoms with Crippen molar-refractivity contribution in [3.8, 4) is 0 Å². The first-order chi connectivity index (χ1) is 7.13. The van der Waals surface area contributed by atoms with Crippen LogP contribution in [0.4, 0.5) is 4.39 Å². The van der Waals surface area contributed by atoms with Crippen LogP contribution in [0.25, 0.3) is 0 Å². The SMILES string of the molecule is CN(CCCl)C(=O)Cc1cccc(F)c1. The fourth-order valence-electron chi connectivity index (χ4n) is 1.21. The lowest BCUT2D eigenvalue weighted by Gasteiger charge is -2.15. The predicted octanol–water partition coefficient (Wildman–Crippen LogP) is 2.07. The molecule has 0 spiro atoms. The zero-order chi connectivity index (χ0) is 11.3. The lowest BCUT2D eigenvalue weighted by molar-refractivity contribution is -0.128. The van der Waals surface area contributed by atoms with Gasteiger partial charge in [0.15, 0.2) is 0 Å². The minimum atomic E-state index is -0.319. The van der Waals surface area contributed by atoms with Crippen molar-refractivity contribution in [2.45, 2.75) is 6.42 Å². The number of hydrogen-bond acceptors (Lipinski definition) is 1. The van der Waals surface area contributed by atoms with Crippen LogP contribution in [0.5, 0.6) is 0 Å². The number of hydrogen-bond donors (Lipinski definition) is 0. The Kier molecular flexibility index (Phi) is 4.56. The van der Waals surface area contributed by atoms with E-state index < -0.39 is 0 Å². The number of halogens is 2. The highest BCUT2D eigenvalue weighted by molar-refractivity contribution is 6.18. The Morgan fingerprint density at radius 1 is 1.53 bits per heavy atom. The number of amides is 1. The van der Waals surface area contributed by atoms with Gasteiger partial charge in [-0.1, -0.05) is 12.1 Å². The number of nitrogens with zero attached hydrogens (tertiary/aromatic N) is 1. The summed E-state index contributed by atoms with van der Waals surface area (Å²) in [5.74, 6) is 0.0346. The molecule has 1 aromatic carbocycles. The molecule has 1 aromatic rings. The first-order valence-electron chi connectivity index (χ1n) is 4.68. The maximum Gasteiger partial charge on any atom is 0.226 e. The molecule has 0 aromatic heterocycles. The minimum absolute atomic E-state index is 0.0544. The minimum Gasteiger partial charge on any atom is -0.344 e. The highest BCUT2D eigenvalue weighted by atomic mass is 35.5. The van der Waals surface area contributed by atoms with E-state index in [9.17, 15) is 9.18 Å². The van der Waals surface area contributed by atoms with Gasteiger partial charge in [-0.15, -0.1) is 11.6 Å². The largest absolute Gasteiger partial charge is 0.344 e. The van der Waals surface area contributed by atoms with Crippen LogP contribution < -0.4 is 0 Å². The molecule has 0 atom stereocenters. The van der Waals surface area contributed by atoms with Crippen molar-refractivity contribution in [3.63, 3.8) is 0 Å². The Balaban J connectivity index is 2.58. The molecule has 0 heterocycles. The standard InChI is InChI=1S/C11H13ClFNO/c1-14(6-5-12)11(15)8-9-3-2-4-10(13)7-9/h2-4,7H,5-6,8H2,1H3.